The number of phenolic OH excluding ortho intramolecular Hbond substituents is 1. The average Bonchev–Trinajstić information content (AvgIpc) is 2.39. The van der Waals surface area contributed by atoms with E-state index in [0.717, 1.165) is 32.2 Å². The molecule has 2 unspecified atom stereocenters. The predicted molar refractivity (Wildman–Crippen MR) is 78.4 cm³/mol. The second-order valence-electron chi connectivity index (χ2n) is 5.73. The van der Waals surface area contributed by atoms with Crippen LogP contribution in [0, 0.1) is 5.82 Å². The summed E-state index contributed by atoms with van der Waals surface area (Å²) in [4.78, 5) is 4.66. The van der Waals surface area contributed by atoms with E-state index in [1.54, 1.807) is 6.07 Å². The molecule has 0 amide bonds. The van der Waals surface area contributed by atoms with Gasteiger partial charge in [-0.2, -0.15) is 0 Å². The van der Waals surface area contributed by atoms with Gasteiger partial charge in [-0.1, -0.05) is 6.07 Å². The summed E-state index contributed by atoms with van der Waals surface area (Å²) in [7, 11) is 4.26. The second-order valence-corrected chi connectivity index (χ2v) is 5.73. The van der Waals surface area contributed by atoms with Gasteiger partial charge in [0.1, 0.15) is 11.6 Å². The first-order valence-corrected chi connectivity index (χ1v) is 7.08. The third-order valence-electron chi connectivity index (χ3n) is 4.09. The van der Waals surface area contributed by atoms with Crippen molar-refractivity contribution < 1.29 is 9.50 Å². The predicted octanol–water partition coefficient (Wildman–Crippen LogP) is 1.43. The normalized spacial score (nSPS) is 22.9. The number of likely N-dealkylation sites (N-methyl/N-ethyl adjacent to an activating group) is 2. The number of benzene rings is 1. The maximum Gasteiger partial charge on any atom is 0.131 e. The maximum absolute atomic E-state index is 13.8. The molecule has 20 heavy (non-hydrogen) atoms. The molecule has 1 aromatic rings. The molecular formula is C15H24FN3O. The third kappa shape index (κ3) is 3.69. The van der Waals surface area contributed by atoms with Crippen LogP contribution in [0.25, 0.3) is 0 Å². The Morgan fingerprint density at radius 2 is 2.15 bits per heavy atom. The highest BCUT2D eigenvalue weighted by Crippen LogP contribution is 2.21. The van der Waals surface area contributed by atoms with Gasteiger partial charge in [-0.15, -0.1) is 0 Å². The molecule has 0 spiro atoms. The van der Waals surface area contributed by atoms with Crippen molar-refractivity contribution in [2.24, 2.45) is 0 Å². The van der Waals surface area contributed by atoms with Crippen LogP contribution in [-0.4, -0.2) is 61.2 Å². The molecule has 1 aromatic carbocycles. The van der Waals surface area contributed by atoms with E-state index in [1.807, 2.05) is 6.92 Å². The van der Waals surface area contributed by atoms with Crippen LogP contribution in [0.1, 0.15) is 18.5 Å². The third-order valence-corrected chi connectivity index (χ3v) is 4.09. The zero-order valence-corrected chi connectivity index (χ0v) is 12.4. The van der Waals surface area contributed by atoms with E-state index in [9.17, 15) is 9.50 Å². The first kappa shape index (κ1) is 15.2. The van der Waals surface area contributed by atoms with Gasteiger partial charge in [0.15, 0.2) is 0 Å². The maximum atomic E-state index is 13.8. The molecule has 0 aliphatic carbocycles. The van der Waals surface area contributed by atoms with E-state index in [0.29, 0.717) is 11.6 Å². The Morgan fingerprint density at radius 1 is 1.40 bits per heavy atom. The van der Waals surface area contributed by atoms with Gasteiger partial charge in [0.05, 0.1) is 0 Å². The summed E-state index contributed by atoms with van der Waals surface area (Å²) in [5.41, 5.74) is 0.592. The van der Waals surface area contributed by atoms with Gasteiger partial charge in [-0.25, -0.2) is 4.39 Å². The Bertz CT molecular complexity index is 455. The molecule has 2 atom stereocenters. The van der Waals surface area contributed by atoms with Crippen LogP contribution >= 0.6 is 0 Å². The largest absolute Gasteiger partial charge is 0.508 e. The highest BCUT2D eigenvalue weighted by Gasteiger charge is 2.22. The summed E-state index contributed by atoms with van der Waals surface area (Å²) in [5, 5.41) is 12.6. The number of nitrogens with zero attached hydrogens (tertiary/aromatic N) is 2. The molecule has 1 fully saturated rings. The SMILES string of the molecule is CC(NCC1CN(C)CCN1C)c1ccc(O)cc1F. The number of aromatic hydroxyl groups is 1. The standard InChI is InChI=1S/C15H24FN3O/c1-11(14-5-4-13(20)8-15(14)16)17-9-12-10-18(2)6-7-19(12)3/h4-5,8,11-12,17,20H,6-7,9-10H2,1-3H3. The zero-order chi connectivity index (χ0) is 14.7. The Hall–Kier alpha value is -1.17. The lowest BCUT2D eigenvalue weighted by Crippen LogP contribution is -2.53. The van der Waals surface area contributed by atoms with Gasteiger partial charge in [-0.3, -0.25) is 4.90 Å². The minimum Gasteiger partial charge on any atom is -0.508 e. The van der Waals surface area contributed by atoms with E-state index >= 15 is 0 Å². The fraction of sp³-hybridized carbons (Fsp3) is 0.600. The minimum atomic E-state index is -0.362. The fourth-order valence-corrected chi connectivity index (χ4v) is 2.61. The molecule has 4 nitrogen and oxygen atoms in total. The van der Waals surface area contributed by atoms with Crippen molar-refractivity contribution in [1.29, 1.82) is 0 Å². The number of halogens is 1. The van der Waals surface area contributed by atoms with Gasteiger partial charge in [0.25, 0.3) is 0 Å². The van der Waals surface area contributed by atoms with E-state index in [1.165, 1.54) is 6.07 Å². The van der Waals surface area contributed by atoms with Gasteiger partial charge in [-0.05, 0) is 27.1 Å². The van der Waals surface area contributed by atoms with Crippen LogP contribution in [0.3, 0.4) is 0 Å². The number of nitrogens with one attached hydrogen (secondary N) is 1. The number of hydrogen-bond donors (Lipinski definition) is 2. The summed E-state index contributed by atoms with van der Waals surface area (Å²) in [6, 6.07) is 4.69. The van der Waals surface area contributed by atoms with Crippen molar-refractivity contribution in [1.82, 2.24) is 15.1 Å². The summed E-state index contributed by atoms with van der Waals surface area (Å²) in [5.74, 6) is -0.397. The molecule has 0 radical (unpaired) electrons. The molecule has 1 aliphatic heterocycles. The zero-order valence-electron chi connectivity index (χ0n) is 12.4. The van der Waals surface area contributed by atoms with Gasteiger partial charge in [0.2, 0.25) is 0 Å². The molecule has 0 bridgehead atoms. The monoisotopic (exact) mass is 281 g/mol. The molecular weight excluding hydrogens is 257 g/mol. The lowest BCUT2D eigenvalue weighted by atomic mass is 10.1. The number of hydrogen-bond acceptors (Lipinski definition) is 4. The Balaban J connectivity index is 1.92. The van der Waals surface area contributed by atoms with E-state index in [2.05, 4.69) is 29.2 Å². The average molecular weight is 281 g/mol. The van der Waals surface area contributed by atoms with Crippen molar-refractivity contribution in [3.05, 3.63) is 29.6 Å². The topological polar surface area (TPSA) is 38.7 Å². The van der Waals surface area contributed by atoms with E-state index in [4.69, 9.17) is 0 Å². The van der Waals surface area contributed by atoms with E-state index < -0.39 is 0 Å². The van der Waals surface area contributed by atoms with Gasteiger partial charge < -0.3 is 15.3 Å². The summed E-state index contributed by atoms with van der Waals surface area (Å²) < 4.78 is 13.8. The quantitative estimate of drug-likeness (QED) is 0.876. The van der Waals surface area contributed by atoms with Crippen LogP contribution in [0.2, 0.25) is 0 Å². The van der Waals surface area contributed by atoms with Crippen molar-refractivity contribution in [2.75, 3.05) is 40.3 Å². The molecule has 2 rings (SSSR count). The highest BCUT2D eigenvalue weighted by molar-refractivity contribution is 5.29. The van der Waals surface area contributed by atoms with E-state index in [-0.39, 0.29) is 17.6 Å². The summed E-state index contributed by atoms with van der Waals surface area (Å²) in [6.07, 6.45) is 0. The lowest BCUT2D eigenvalue weighted by Gasteiger charge is -2.38. The molecule has 0 saturated carbocycles. The van der Waals surface area contributed by atoms with Crippen LogP contribution in [0.4, 0.5) is 4.39 Å². The Kier molecular flexibility index (Phi) is 4.96. The summed E-state index contributed by atoms with van der Waals surface area (Å²) in [6.45, 7) is 5.94. The van der Waals surface area contributed by atoms with Crippen molar-refractivity contribution >= 4 is 0 Å². The molecule has 112 valence electrons. The van der Waals surface area contributed by atoms with Crippen LogP contribution in [0.15, 0.2) is 18.2 Å². The van der Waals surface area contributed by atoms with Crippen LogP contribution in [-0.2, 0) is 0 Å². The smallest absolute Gasteiger partial charge is 0.131 e. The summed E-state index contributed by atoms with van der Waals surface area (Å²) >= 11 is 0. The van der Waals surface area contributed by atoms with Gasteiger partial charge in [0, 0.05) is 49.9 Å². The molecule has 5 heteroatoms. The Morgan fingerprint density at radius 3 is 2.85 bits per heavy atom. The van der Waals surface area contributed by atoms with Crippen molar-refractivity contribution in [3.63, 3.8) is 0 Å². The lowest BCUT2D eigenvalue weighted by molar-refractivity contribution is 0.111. The first-order valence-electron chi connectivity index (χ1n) is 7.08. The number of piperazine rings is 1. The Labute approximate surface area is 120 Å². The molecule has 1 aliphatic rings. The number of rotatable bonds is 4. The van der Waals surface area contributed by atoms with Crippen molar-refractivity contribution in [2.45, 2.75) is 19.0 Å². The van der Waals surface area contributed by atoms with Gasteiger partial charge >= 0.3 is 0 Å². The fourth-order valence-electron chi connectivity index (χ4n) is 2.61. The second kappa shape index (κ2) is 6.52. The minimum absolute atomic E-state index is 0.0351. The van der Waals surface area contributed by atoms with Crippen LogP contribution in [0.5, 0.6) is 5.75 Å². The molecule has 1 saturated heterocycles. The first-order chi connectivity index (χ1) is 9.47. The molecule has 1 heterocycles. The molecule has 0 aromatic heterocycles. The number of phenols is 1. The van der Waals surface area contributed by atoms with Crippen molar-refractivity contribution in [3.8, 4) is 5.75 Å². The highest BCUT2D eigenvalue weighted by atomic mass is 19.1. The van der Waals surface area contributed by atoms with Crippen LogP contribution < -0.4 is 5.32 Å². The molecule has 2 N–H and O–H groups in total.